The molecule has 4 rings (SSSR count). The molecule has 2 fully saturated rings. The lowest BCUT2D eigenvalue weighted by molar-refractivity contribution is -0.141. The van der Waals surface area contributed by atoms with Gasteiger partial charge in [0.15, 0.2) is 5.82 Å². The SMILES string of the molecule is FC(F)(F)c1cc(-c2nc(N3CCOCC3)nc(N3CCOCC3)n2)ccn1. The van der Waals surface area contributed by atoms with Crippen LogP contribution >= 0.6 is 0 Å². The van der Waals surface area contributed by atoms with E-state index in [0.29, 0.717) is 64.5 Å². The van der Waals surface area contributed by atoms with Gasteiger partial charge in [0.05, 0.1) is 26.4 Å². The van der Waals surface area contributed by atoms with E-state index in [2.05, 4.69) is 19.9 Å². The molecule has 2 aromatic rings. The summed E-state index contributed by atoms with van der Waals surface area (Å²) in [7, 11) is 0. The number of aromatic nitrogens is 4. The second kappa shape index (κ2) is 7.84. The highest BCUT2D eigenvalue weighted by atomic mass is 19.4. The largest absolute Gasteiger partial charge is 0.433 e. The zero-order valence-electron chi connectivity index (χ0n) is 15.0. The van der Waals surface area contributed by atoms with Crippen molar-refractivity contribution in [3.05, 3.63) is 24.0 Å². The predicted molar refractivity (Wildman–Crippen MR) is 94.1 cm³/mol. The summed E-state index contributed by atoms with van der Waals surface area (Å²) >= 11 is 0. The molecule has 0 unspecified atom stereocenters. The van der Waals surface area contributed by atoms with Gasteiger partial charge in [0.2, 0.25) is 11.9 Å². The molecule has 8 nitrogen and oxygen atoms in total. The first-order valence-electron chi connectivity index (χ1n) is 8.96. The number of alkyl halides is 3. The van der Waals surface area contributed by atoms with Crippen molar-refractivity contribution < 1.29 is 22.6 Å². The van der Waals surface area contributed by atoms with E-state index in [4.69, 9.17) is 9.47 Å². The Morgan fingerprint density at radius 1 is 0.821 bits per heavy atom. The normalized spacial score (nSPS) is 18.4. The van der Waals surface area contributed by atoms with Gasteiger partial charge in [0, 0.05) is 37.9 Å². The maximum Gasteiger partial charge on any atom is 0.433 e. The van der Waals surface area contributed by atoms with Gasteiger partial charge in [-0.25, -0.2) is 0 Å². The molecule has 0 bridgehead atoms. The molecule has 0 atom stereocenters. The van der Waals surface area contributed by atoms with Crippen LogP contribution in [-0.4, -0.2) is 72.5 Å². The number of halogens is 3. The van der Waals surface area contributed by atoms with Crippen molar-refractivity contribution in [3.63, 3.8) is 0 Å². The van der Waals surface area contributed by atoms with Crippen molar-refractivity contribution in [1.82, 2.24) is 19.9 Å². The minimum absolute atomic E-state index is 0.186. The van der Waals surface area contributed by atoms with Gasteiger partial charge in [-0.3, -0.25) is 4.98 Å². The molecule has 0 amide bonds. The molecule has 0 aliphatic carbocycles. The molecule has 0 spiro atoms. The molecule has 0 radical (unpaired) electrons. The Hall–Kier alpha value is -2.53. The van der Waals surface area contributed by atoms with E-state index in [-0.39, 0.29) is 11.4 Å². The molecule has 4 heterocycles. The number of hydrogen-bond acceptors (Lipinski definition) is 8. The number of nitrogens with zero attached hydrogens (tertiary/aromatic N) is 6. The minimum atomic E-state index is -4.54. The molecule has 2 aromatic heterocycles. The van der Waals surface area contributed by atoms with E-state index < -0.39 is 11.9 Å². The van der Waals surface area contributed by atoms with Crippen molar-refractivity contribution in [2.24, 2.45) is 0 Å². The Bertz CT molecular complexity index is 787. The monoisotopic (exact) mass is 396 g/mol. The number of rotatable bonds is 3. The number of morpholine rings is 2. The smallest absolute Gasteiger partial charge is 0.378 e. The van der Waals surface area contributed by atoms with Gasteiger partial charge in [0.25, 0.3) is 0 Å². The highest BCUT2D eigenvalue weighted by Gasteiger charge is 2.33. The summed E-state index contributed by atoms with van der Waals surface area (Å²) in [6, 6.07) is 2.43. The van der Waals surface area contributed by atoms with Crippen LogP contribution in [0.3, 0.4) is 0 Å². The van der Waals surface area contributed by atoms with Crippen molar-refractivity contribution in [3.8, 4) is 11.4 Å². The van der Waals surface area contributed by atoms with Crippen LogP contribution in [0.2, 0.25) is 0 Å². The standard InChI is InChI=1S/C17H19F3N6O2/c18-17(19,20)13-11-12(1-2-21-13)14-22-15(25-3-7-27-8-4-25)24-16(23-14)26-5-9-28-10-6-26/h1-2,11H,3-10H2. The van der Waals surface area contributed by atoms with Crippen molar-refractivity contribution in [2.75, 3.05) is 62.4 Å². The maximum atomic E-state index is 13.1. The molecule has 150 valence electrons. The second-order valence-corrected chi connectivity index (χ2v) is 6.39. The first-order chi connectivity index (χ1) is 13.5. The number of pyridine rings is 1. The summed E-state index contributed by atoms with van der Waals surface area (Å²) in [6.07, 6.45) is -3.42. The zero-order chi connectivity index (χ0) is 19.6. The highest BCUT2D eigenvalue weighted by Crippen LogP contribution is 2.30. The Morgan fingerprint density at radius 2 is 1.36 bits per heavy atom. The van der Waals surface area contributed by atoms with Crippen LogP contribution in [0, 0.1) is 0 Å². The quantitative estimate of drug-likeness (QED) is 0.775. The van der Waals surface area contributed by atoms with Gasteiger partial charge < -0.3 is 19.3 Å². The molecular formula is C17H19F3N6O2. The fraction of sp³-hybridized carbons (Fsp3) is 0.529. The highest BCUT2D eigenvalue weighted by molar-refractivity contribution is 5.59. The first-order valence-corrected chi connectivity index (χ1v) is 8.96. The van der Waals surface area contributed by atoms with Gasteiger partial charge in [-0.05, 0) is 12.1 Å². The van der Waals surface area contributed by atoms with E-state index in [1.54, 1.807) is 0 Å². The van der Waals surface area contributed by atoms with Crippen LogP contribution in [0.4, 0.5) is 25.1 Å². The molecular weight excluding hydrogens is 377 g/mol. The van der Waals surface area contributed by atoms with Crippen LogP contribution in [0.1, 0.15) is 5.69 Å². The fourth-order valence-corrected chi connectivity index (χ4v) is 3.02. The van der Waals surface area contributed by atoms with Crippen LogP contribution < -0.4 is 9.80 Å². The average molecular weight is 396 g/mol. The third kappa shape index (κ3) is 4.14. The lowest BCUT2D eigenvalue weighted by Gasteiger charge is -2.30. The lowest BCUT2D eigenvalue weighted by Crippen LogP contribution is -2.40. The van der Waals surface area contributed by atoms with E-state index in [1.165, 1.54) is 6.07 Å². The van der Waals surface area contributed by atoms with E-state index in [0.717, 1.165) is 12.3 Å². The van der Waals surface area contributed by atoms with Crippen molar-refractivity contribution in [2.45, 2.75) is 6.18 Å². The van der Waals surface area contributed by atoms with Gasteiger partial charge in [-0.15, -0.1) is 0 Å². The number of hydrogen-bond donors (Lipinski definition) is 0. The van der Waals surface area contributed by atoms with Gasteiger partial charge in [-0.1, -0.05) is 0 Å². The van der Waals surface area contributed by atoms with Crippen LogP contribution in [-0.2, 0) is 15.7 Å². The van der Waals surface area contributed by atoms with E-state index in [9.17, 15) is 13.2 Å². The summed E-state index contributed by atoms with van der Waals surface area (Å²) in [6.45, 7) is 4.60. The van der Waals surface area contributed by atoms with Gasteiger partial charge in [-0.2, -0.15) is 28.1 Å². The Kier molecular flexibility index (Phi) is 5.27. The predicted octanol–water partition coefficient (Wildman–Crippen LogP) is 1.63. The van der Waals surface area contributed by atoms with E-state index in [1.807, 2.05) is 9.80 Å². The number of anilines is 2. The van der Waals surface area contributed by atoms with Gasteiger partial charge in [0.1, 0.15) is 5.69 Å². The summed E-state index contributed by atoms with van der Waals surface area (Å²) in [5, 5.41) is 0. The molecule has 2 aliphatic heterocycles. The summed E-state index contributed by atoms with van der Waals surface area (Å²) in [5.41, 5.74) is -0.736. The third-order valence-electron chi connectivity index (χ3n) is 4.51. The summed E-state index contributed by atoms with van der Waals surface area (Å²) in [5.74, 6) is 1.05. The Labute approximate surface area is 159 Å². The van der Waals surface area contributed by atoms with E-state index >= 15 is 0 Å². The fourth-order valence-electron chi connectivity index (χ4n) is 3.02. The van der Waals surface area contributed by atoms with Gasteiger partial charge >= 0.3 is 6.18 Å². The van der Waals surface area contributed by atoms with Crippen LogP contribution in [0.25, 0.3) is 11.4 Å². The molecule has 2 aliphatic rings. The number of ether oxygens (including phenoxy) is 2. The maximum absolute atomic E-state index is 13.1. The molecule has 0 aromatic carbocycles. The topological polar surface area (TPSA) is 76.5 Å². The Balaban J connectivity index is 1.75. The van der Waals surface area contributed by atoms with Crippen LogP contribution in [0.5, 0.6) is 0 Å². The first kappa shape index (κ1) is 18.8. The minimum Gasteiger partial charge on any atom is -0.378 e. The van der Waals surface area contributed by atoms with Crippen molar-refractivity contribution in [1.29, 1.82) is 0 Å². The van der Waals surface area contributed by atoms with Crippen molar-refractivity contribution >= 4 is 11.9 Å². The average Bonchev–Trinajstić information content (AvgIpc) is 2.74. The third-order valence-corrected chi connectivity index (χ3v) is 4.51. The zero-order valence-corrected chi connectivity index (χ0v) is 15.0. The van der Waals surface area contributed by atoms with Crippen LogP contribution in [0.15, 0.2) is 18.3 Å². The summed E-state index contributed by atoms with van der Waals surface area (Å²) < 4.78 is 49.9. The molecule has 0 N–H and O–H groups in total. The second-order valence-electron chi connectivity index (χ2n) is 6.39. The Morgan fingerprint density at radius 3 is 1.86 bits per heavy atom. The molecule has 11 heteroatoms. The molecule has 0 saturated carbocycles. The molecule has 2 saturated heterocycles. The summed E-state index contributed by atoms with van der Waals surface area (Å²) in [4.78, 5) is 20.7. The lowest BCUT2D eigenvalue weighted by atomic mass is 10.2. The molecule has 28 heavy (non-hydrogen) atoms.